The number of benzene rings is 1. The summed E-state index contributed by atoms with van der Waals surface area (Å²) in [6.07, 6.45) is 2.61. The van der Waals surface area contributed by atoms with Crippen LogP contribution in [0.15, 0.2) is 29.5 Å². The fourth-order valence-corrected chi connectivity index (χ4v) is 2.67. The number of nitro groups is 1. The van der Waals surface area contributed by atoms with Crippen LogP contribution in [0.1, 0.15) is 44.7 Å². The van der Waals surface area contributed by atoms with Crippen LogP contribution < -0.4 is 15.7 Å². The summed E-state index contributed by atoms with van der Waals surface area (Å²) >= 11 is 0. The Balaban J connectivity index is 2.33. The Morgan fingerprint density at radius 2 is 2.08 bits per heavy atom. The lowest BCUT2D eigenvalue weighted by molar-refractivity contribution is -0.398. The Labute approximate surface area is 150 Å². The van der Waals surface area contributed by atoms with Gasteiger partial charge in [-0.05, 0) is 24.7 Å². The number of carbonyl (C=O) groups is 2. The highest BCUT2D eigenvalue weighted by Gasteiger charge is 2.33. The van der Waals surface area contributed by atoms with Crippen LogP contribution in [0, 0.1) is 10.1 Å². The molecule has 0 unspecified atom stereocenters. The number of amides is 2. The number of nitrogens with zero attached hydrogens (tertiary/aromatic N) is 1. The van der Waals surface area contributed by atoms with Gasteiger partial charge < -0.3 is 20.5 Å². The third-order valence-corrected chi connectivity index (χ3v) is 3.98. The summed E-state index contributed by atoms with van der Waals surface area (Å²) < 4.78 is 5.26. The van der Waals surface area contributed by atoms with Crippen LogP contribution in [-0.4, -0.2) is 23.5 Å². The van der Waals surface area contributed by atoms with Crippen LogP contribution in [-0.2, 0) is 9.53 Å². The molecule has 0 fully saturated rings. The monoisotopic (exact) mass is 362 g/mol. The second-order valence-corrected chi connectivity index (χ2v) is 5.90. The normalized spacial score (nSPS) is 16.7. The SMILES string of the molecule is CCCCCOC(=O)C1=C(C)NC(=O)N[C@@H]1c1ccc([O-])c([N+](=O)[O-])c1. The van der Waals surface area contributed by atoms with E-state index in [2.05, 4.69) is 10.6 Å². The number of carbonyl (C=O) groups excluding carboxylic acids is 2. The largest absolute Gasteiger partial charge is 0.868 e. The number of allylic oxidation sites excluding steroid dienone is 1. The van der Waals surface area contributed by atoms with E-state index in [9.17, 15) is 24.8 Å². The molecule has 0 spiro atoms. The Hall–Kier alpha value is -3.10. The molecule has 2 amide bonds. The molecule has 1 heterocycles. The molecule has 140 valence electrons. The summed E-state index contributed by atoms with van der Waals surface area (Å²) in [7, 11) is 0. The second-order valence-electron chi connectivity index (χ2n) is 5.90. The first-order valence-corrected chi connectivity index (χ1v) is 8.26. The van der Waals surface area contributed by atoms with Gasteiger partial charge in [0.2, 0.25) is 0 Å². The zero-order valence-corrected chi connectivity index (χ0v) is 14.5. The maximum Gasteiger partial charge on any atom is 0.338 e. The first kappa shape index (κ1) is 19.2. The molecule has 0 saturated carbocycles. The minimum absolute atomic E-state index is 0.147. The molecule has 0 bridgehead atoms. The fraction of sp³-hybridized carbons (Fsp3) is 0.412. The molecule has 1 aliphatic rings. The maximum absolute atomic E-state index is 12.5. The number of hydrogen-bond donors (Lipinski definition) is 2. The summed E-state index contributed by atoms with van der Waals surface area (Å²) in [5, 5.41) is 27.6. The third kappa shape index (κ3) is 4.29. The van der Waals surface area contributed by atoms with Gasteiger partial charge in [0.25, 0.3) is 5.69 Å². The van der Waals surface area contributed by atoms with E-state index in [4.69, 9.17) is 4.74 Å². The predicted molar refractivity (Wildman–Crippen MR) is 90.1 cm³/mol. The van der Waals surface area contributed by atoms with E-state index in [1.165, 1.54) is 6.07 Å². The van der Waals surface area contributed by atoms with Crippen molar-refractivity contribution in [3.8, 4) is 5.75 Å². The number of urea groups is 1. The molecule has 2 rings (SSSR count). The van der Waals surface area contributed by atoms with Crippen molar-refractivity contribution in [2.24, 2.45) is 0 Å². The van der Waals surface area contributed by atoms with Crippen LogP contribution in [0.5, 0.6) is 5.75 Å². The number of rotatable bonds is 7. The van der Waals surface area contributed by atoms with E-state index in [1.807, 2.05) is 6.92 Å². The van der Waals surface area contributed by atoms with Gasteiger partial charge in [-0.25, -0.2) is 9.59 Å². The molecular weight excluding hydrogens is 342 g/mol. The summed E-state index contributed by atoms with van der Waals surface area (Å²) in [5.41, 5.74) is 0.0803. The molecule has 1 aromatic rings. The standard InChI is InChI=1S/C17H21N3O6/c1-3-4-5-8-26-16(22)14-10(2)18-17(23)19-15(14)11-6-7-13(21)12(9-11)20(24)25/h6-7,9,15,21H,3-5,8H2,1-2H3,(H2,18,19,23)/p-1/t15-/m1/s1. The molecule has 26 heavy (non-hydrogen) atoms. The van der Waals surface area contributed by atoms with Crippen molar-refractivity contribution in [2.45, 2.75) is 39.2 Å². The van der Waals surface area contributed by atoms with Crippen molar-refractivity contribution in [1.29, 1.82) is 0 Å². The first-order chi connectivity index (χ1) is 12.3. The number of esters is 1. The number of unbranched alkanes of at least 4 members (excludes halogenated alkanes) is 2. The molecule has 9 heteroatoms. The number of nitrogens with one attached hydrogen (secondary N) is 2. The zero-order valence-electron chi connectivity index (χ0n) is 14.5. The Morgan fingerprint density at radius 1 is 1.35 bits per heavy atom. The highest BCUT2D eigenvalue weighted by atomic mass is 16.6. The molecule has 1 atom stereocenters. The molecule has 0 radical (unpaired) electrons. The van der Waals surface area contributed by atoms with Crippen LogP contribution in [0.2, 0.25) is 0 Å². The molecule has 1 aliphatic heterocycles. The van der Waals surface area contributed by atoms with Crippen molar-refractivity contribution in [1.82, 2.24) is 10.6 Å². The molecule has 0 aromatic heterocycles. The summed E-state index contributed by atoms with van der Waals surface area (Å²) in [4.78, 5) is 34.5. The zero-order chi connectivity index (χ0) is 19.3. The topological polar surface area (TPSA) is 134 Å². The van der Waals surface area contributed by atoms with Crippen LogP contribution in [0.4, 0.5) is 10.5 Å². The average molecular weight is 362 g/mol. The van der Waals surface area contributed by atoms with Gasteiger partial charge in [0, 0.05) is 11.8 Å². The van der Waals surface area contributed by atoms with E-state index in [1.54, 1.807) is 6.92 Å². The molecule has 2 N–H and O–H groups in total. The summed E-state index contributed by atoms with van der Waals surface area (Å²) in [6.45, 7) is 3.81. The molecule has 0 aliphatic carbocycles. The van der Waals surface area contributed by atoms with Gasteiger partial charge in [0.1, 0.15) is 0 Å². The van der Waals surface area contributed by atoms with Gasteiger partial charge in [0.15, 0.2) is 0 Å². The van der Waals surface area contributed by atoms with Crippen LogP contribution in [0.25, 0.3) is 0 Å². The maximum atomic E-state index is 12.5. The molecule has 1 aromatic carbocycles. The van der Waals surface area contributed by atoms with Gasteiger partial charge in [-0.3, -0.25) is 10.1 Å². The quantitative estimate of drug-likeness (QED) is 0.330. The molecule has 9 nitrogen and oxygen atoms in total. The molecule has 0 saturated heterocycles. The van der Waals surface area contributed by atoms with Crippen molar-refractivity contribution >= 4 is 17.7 Å². The highest BCUT2D eigenvalue weighted by molar-refractivity contribution is 5.95. The Kier molecular flexibility index (Phi) is 6.16. The minimum atomic E-state index is -0.943. The highest BCUT2D eigenvalue weighted by Crippen LogP contribution is 2.32. The van der Waals surface area contributed by atoms with E-state index < -0.39 is 34.4 Å². The predicted octanol–water partition coefficient (Wildman–Crippen LogP) is 2.03. The van der Waals surface area contributed by atoms with Gasteiger partial charge in [-0.2, -0.15) is 0 Å². The van der Waals surface area contributed by atoms with E-state index in [0.29, 0.717) is 5.70 Å². The first-order valence-electron chi connectivity index (χ1n) is 8.26. The Bertz CT molecular complexity index is 759. The lowest BCUT2D eigenvalue weighted by Gasteiger charge is -2.28. The number of hydrogen-bond acceptors (Lipinski definition) is 6. The van der Waals surface area contributed by atoms with Crippen LogP contribution >= 0.6 is 0 Å². The fourth-order valence-electron chi connectivity index (χ4n) is 2.67. The smallest absolute Gasteiger partial charge is 0.338 e. The van der Waals surface area contributed by atoms with Gasteiger partial charge in [0.05, 0.1) is 23.1 Å². The van der Waals surface area contributed by atoms with Crippen LogP contribution in [0.3, 0.4) is 0 Å². The van der Waals surface area contributed by atoms with Gasteiger partial charge in [-0.15, -0.1) is 0 Å². The summed E-state index contributed by atoms with van der Waals surface area (Å²) in [6, 6.07) is 1.96. The Morgan fingerprint density at radius 3 is 2.73 bits per heavy atom. The number of ether oxygens (including phenoxy) is 1. The van der Waals surface area contributed by atoms with Gasteiger partial charge >= 0.3 is 12.0 Å². The average Bonchev–Trinajstić information content (AvgIpc) is 2.58. The molecular formula is C17H20N3O6-. The second kappa shape index (κ2) is 8.32. The van der Waals surface area contributed by atoms with E-state index >= 15 is 0 Å². The third-order valence-electron chi connectivity index (χ3n) is 3.98. The lowest BCUT2D eigenvalue weighted by Crippen LogP contribution is -2.45. The lowest BCUT2D eigenvalue weighted by atomic mass is 9.95. The number of nitro benzene ring substituents is 1. The van der Waals surface area contributed by atoms with Crippen molar-refractivity contribution in [3.63, 3.8) is 0 Å². The van der Waals surface area contributed by atoms with Crippen molar-refractivity contribution in [2.75, 3.05) is 6.61 Å². The van der Waals surface area contributed by atoms with Crippen molar-refractivity contribution in [3.05, 3.63) is 45.1 Å². The van der Waals surface area contributed by atoms with E-state index in [0.717, 1.165) is 31.4 Å². The van der Waals surface area contributed by atoms with Crippen molar-refractivity contribution < 1.29 is 24.4 Å². The minimum Gasteiger partial charge on any atom is -0.868 e. The summed E-state index contributed by atoms with van der Waals surface area (Å²) in [5.74, 6) is -1.37. The van der Waals surface area contributed by atoms with E-state index in [-0.39, 0.29) is 17.7 Å². The van der Waals surface area contributed by atoms with Gasteiger partial charge in [-0.1, -0.05) is 31.9 Å².